The maximum atomic E-state index is 14.1. The largest absolute Gasteiger partial charge is 0.493 e. The molecule has 4 rings (SSSR count). The van der Waals surface area contributed by atoms with E-state index in [1.807, 2.05) is 0 Å². The summed E-state index contributed by atoms with van der Waals surface area (Å²) in [6.07, 6.45) is -0.516. The number of nitrogens with one attached hydrogen (secondary N) is 1. The fourth-order valence-corrected chi connectivity index (χ4v) is 2.58. The maximum Gasteiger partial charge on any atom is 0.231 e. The van der Waals surface area contributed by atoms with Gasteiger partial charge in [0.05, 0.1) is 12.1 Å². The van der Waals surface area contributed by atoms with E-state index in [1.54, 1.807) is 0 Å². The van der Waals surface area contributed by atoms with E-state index in [0.717, 1.165) is 0 Å². The van der Waals surface area contributed by atoms with Crippen LogP contribution in [0.15, 0.2) is 42.4 Å². The molecule has 0 aromatic heterocycles. The summed E-state index contributed by atoms with van der Waals surface area (Å²) in [5.41, 5.74) is -0.392. The number of hydrogen-bond donors (Lipinski definition) is 1. The van der Waals surface area contributed by atoms with Gasteiger partial charge in [0.15, 0.2) is 11.5 Å². The lowest BCUT2D eigenvalue weighted by Crippen LogP contribution is -2.38. The lowest BCUT2D eigenvalue weighted by Gasteiger charge is -2.32. The van der Waals surface area contributed by atoms with Crippen molar-refractivity contribution in [3.8, 4) is 17.2 Å². The van der Waals surface area contributed by atoms with Crippen LogP contribution in [-0.4, -0.2) is 26.4 Å². The first kappa shape index (κ1) is 8.21. The summed E-state index contributed by atoms with van der Waals surface area (Å²) in [6, 6.07) is 1.06. The maximum absolute atomic E-state index is 14.1. The second-order valence-electron chi connectivity index (χ2n) is 5.35. The van der Waals surface area contributed by atoms with E-state index in [0.29, 0.717) is 0 Å². The highest BCUT2D eigenvalue weighted by molar-refractivity contribution is 5.46. The molecule has 2 heterocycles. The number of piperidine rings is 1. The van der Waals surface area contributed by atoms with Crippen LogP contribution < -0.4 is 19.5 Å². The number of rotatable bonds is 4. The van der Waals surface area contributed by atoms with Crippen LogP contribution in [0.2, 0.25) is 0 Å². The van der Waals surface area contributed by atoms with Crippen LogP contribution in [0.3, 0.4) is 0 Å². The van der Waals surface area contributed by atoms with Crippen molar-refractivity contribution in [2.24, 2.45) is 5.92 Å². The van der Waals surface area contributed by atoms with Crippen LogP contribution in [0.25, 0.3) is 0 Å². The molecule has 2 aliphatic heterocycles. The van der Waals surface area contributed by atoms with Gasteiger partial charge in [-0.15, -0.1) is 0 Å². The minimum atomic E-state index is -2.31. The Morgan fingerprint density at radius 3 is 3.00 bits per heavy atom. The summed E-state index contributed by atoms with van der Waals surface area (Å²) in [4.78, 5) is 0. The first-order valence-corrected chi connectivity index (χ1v) is 7.40. The second-order valence-corrected chi connectivity index (χ2v) is 5.35. The van der Waals surface area contributed by atoms with Crippen LogP contribution in [0.5, 0.6) is 17.2 Å². The van der Waals surface area contributed by atoms with Crippen molar-refractivity contribution in [3.63, 3.8) is 0 Å². The molecule has 0 radical (unpaired) electrons. The molecule has 126 valence electrons. The summed E-state index contributed by atoms with van der Waals surface area (Å²) < 4.78 is 102. The molecule has 1 N–H and O–H groups in total. The minimum absolute atomic E-state index is 0.0828. The number of ether oxygens (including phenoxy) is 3. The van der Waals surface area contributed by atoms with Crippen molar-refractivity contribution in [2.75, 3.05) is 26.4 Å². The monoisotopic (exact) mass is 338 g/mol. The van der Waals surface area contributed by atoms with Crippen molar-refractivity contribution >= 4 is 0 Å². The van der Waals surface area contributed by atoms with Crippen molar-refractivity contribution in [1.82, 2.24) is 5.32 Å². The van der Waals surface area contributed by atoms with Gasteiger partial charge in [-0.1, -0.05) is 12.1 Å². The Balaban J connectivity index is 1.66. The summed E-state index contributed by atoms with van der Waals surface area (Å²) in [5.74, 6) is -3.58. The van der Waals surface area contributed by atoms with E-state index in [9.17, 15) is 4.39 Å². The molecule has 1 saturated heterocycles. The zero-order valence-electron chi connectivity index (χ0n) is 21.5. The van der Waals surface area contributed by atoms with Crippen LogP contribution in [0, 0.1) is 11.7 Å². The molecule has 0 bridgehead atoms. The minimum Gasteiger partial charge on any atom is -0.493 e. The van der Waals surface area contributed by atoms with Crippen LogP contribution in [0.1, 0.15) is 30.2 Å². The van der Waals surface area contributed by atoms with Gasteiger partial charge in [-0.25, -0.2) is 4.39 Å². The molecule has 5 heteroatoms. The highest BCUT2D eigenvalue weighted by atomic mass is 19.1. The number of benzene rings is 2. The molecule has 4 nitrogen and oxygen atoms in total. The Bertz CT molecular complexity index is 1090. The predicted octanol–water partition coefficient (Wildman–Crippen LogP) is 3.33. The van der Waals surface area contributed by atoms with Gasteiger partial charge < -0.3 is 19.5 Å². The predicted molar refractivity (Wildman–Crippen MR) is 88.2 cm³/mol. The SMILES string of the molecule is [2H]c1c([2H])c(C2([2H])CC([2H])([2H])NC[C@H]2COc2ccc3c(c2)OC([2H])([2H])O3)c([2H])c([2H])c1F. The molecule has 0 saturated carbocycles. The van der Waals surface area contributed by atoms with Crippen LogP contribution >= 0.6 is 0 Å². The van der Waals surface area contributed by atoms with Crippen molar-refractivity contribution in [1.29, 1.82) is 0 Å². The molecule has 2 aromatic carbocycles. The van der Waals surface area contributed by atoms with Gasteiger partial charge in [0, 0.05) is 22.6 Å². The second kappa shape index (κ2) is 6.69. The number of hydrogen-bond acceptors (Lipinski definition) is 4. The van der Waals surface area contributed by atoms with Crippen LogP contribution in [0.4, 0.5) is 4.39 Å². The summed E-state index contributed by atoms with van der Waals surface area (Å²) in [7, 11) is 0. The topological polar surface area (TPSA) is 39.7 Å². The molecule has 1 fully saturated rings. The lowest BCUT2D eigenvalue weighted by atomic mass is 9.81. The van der Waals surface area contributed by atoms with Gasteiger partial charge in [-0.3, -0.25) is 0 Å². The molecule has 2 aromatic rings. The fraction of sp³-hybridized carbons (Fsp3) is 0.368. The molecule has 2 aliphatic rings. The van der Waals surface area contributed by atoms with Crippen LogP contribution in [-0.2, 0) is 0 Å². The molecule has 2 atom stereocenters. The van der Waals surface area contributed by atoms with Gasteiger partial charge in [-0.05, 0) is 48.6 Å². The van der Waals surface area contributed by atoms with E-state index in [2.05, 4.69) is 5.32 Å². The third kappa shape index (κ3) is 3.17. The summed E-state index contributed by atoms with van der Waals surface area (Å²) in [6.45, 7) is -4.62. The van der Waals surface area contributed by atoms with E-state index < -0.39 is 67.0 Å². The average Bonchev–Trinajstić information content (AvgIpc) is 3.02. The molecule has 24 heavy (non-hydrogen) atoms. The Hall–Kier alpha value is -2.27. The smallest absolute Gasteiger partial charge is 0.231 e. The molecule has 0 spiro atoms. The summed E-state index contributed by atoms with van der Waals surface area (Å²) >= 11 is 0. The van der Waals surface area contributed by atoms with E-state index in [-0.39, 0.29) is 30.4 Å². The Labute approximate surface area is 153 Å². The highest BCUT2D eigenvalue weighted by Gasteiger charge is 2.27. The molecular weight excluding hydrogens is 309 g/mol. The number of halogens is 1. The molecular formula is C19H20FNO3. The Morgan fingerprint density at radius 1 is 1.29 bits per heavy atom. The molecule has 1 unspecified atom stereocenters. The first-order valence-electron chi connectivity index (χ1n) is 11.9. The third-order valence-electron chi connectivity index (χ3n) is 3.83. The van der Waals surface area contributed by atoms with Crippen molar-refractivity contribution in [2.45, 2.75) is 12.3 Å². The normalized spacial score (nSPS) is 35.0. The van der Waals surface area contributed by atoms with E-state index in [1.165, 1.54) is 18.2 Å². The zero-order chi connectivity index (χ0) is 24.3. The Morgan fingerprint density at radius 2 is 2.12 bits per heavy atom. The fourth-order valence-electron chi connectivity index (χ4n) is 2.58. The highest BCUT2D eigenvalue weighted by Crippen LogP contribution is 2.36. The van der Waals surface area contributed by atoms with E-state index >= 15 is 0 Å². The number of fused-ring (bicyclic) bond motifs is 1. The zero-order valence-corrected chi connectivity index (χ0v) is 12.5. The quantitative estimate of drug-likeness (QED) is 0.928. The standard InChI is InChI=1S/C19H20FNO3/c20-15-3-1-13(2-4-15)17-7-8-21-10-14(17)11-22-16-5-6-18-19(9-16)24-12-23-18/h1-6,9,14,17,21H,7-8,10-12H2/t14-,17?/m0/s1/i1D,2D,3D,4D,8D2,12D2,17D. The van der Waals surface area contributed by atoms with Crippen molar-refractivity contribution < 1.29 is 30.9 Å². The van der Waals surface area contributed by atoms with Gasteiger partial charge in [-0.2, -0.15) is 0 Å². The Kier molecular flexibility index (Phi) is 2.29. The molecule has 0 amide bonds. The first-order chi connectivity index (χ1) is 15.2. The average molecular weight is 338 g/mol. The summed E-state index contributed by atoms with van der Waals surface area (Å²) in [5, 5.41) is 2.65. The van der Waals surface area contributed by atoms with Crippen molar-refractivity contribution in [3.05, 3.63) is 53.7 Å². The van der Waals surface area contributed by atoms with Gasteiger partial charge in [0.2, 0.25) is 6.75 Å². The van der Waals surface area contributed by atoms with Gasteiger partial charge >= 0.3 is 0 Å². The van der Waals surface area contributed by atoms with E-state index in [4.69, 9.17) is 26.5 Å². The molecule has 0 aliphatic carbocycles. The lowest BCUT2D eigenvalue weighted by molar-refractivity contribution is 0.173. The third-order valence-corrected chi connectivity index (χ3v) is 3.83. The van der Waals surface area contributed by atoms with Gasteiger partial charge in [0.25, 0.3) is 0 Å². The van der Waals surface area contributed by atoms with Gasteiger partial charge in [0.1, 0.15) is 14.3 Å².